The van der Waals surface area contributed by atoms with Crippen molar-refractivity contribution in [3.05, 3.63) is 310 Å². The number of benzene rings is 10. The molecule has 0 N–H and O–H groups in total. The van der Waals surface area contributed by atoms with Gasteiger partial charge in [-0.1, -0.05) is 205 Å². The van der Waals surface area contributed by atoms with Crippen molar-refractivity contribution >= 4 is 113 Å². The van der Waals surface area contributed by atoms with Gasteiger partial charge < -0.3 is 9.47 Å². The Morgan fingerprint density at radius 1 is 0.389 bits per heavy atom. The SMILES string of the molecule is [B]/C(C#C)=C([B])/C([B])=C(/[B])CC1(C/C([B])=C([B])\C([B])=C(\[B])C#C)c2cc(-c3ccc(N(c4ccc(-c5ccccc5)cc4)c4ccc(-c5ccc6c(c5)c5ccccc5n6-c5ccccc5)cc4)cc3)ccc2-c2c(-c3ccccc3)sc(-c3ccccc3)c21. The van der Waals surface area contributed by atoms with Crippen LogP contribution in [0.25, 0.3) is 92.9 Å². The van der Waals surface area contributed by atoms with Crippen LogP contribution in [-0.4, -0.2) is 67.3 Å². The van der Waals surface area contributed by atoms with Crippen molar-refractivity contribution in [1.82, 2.24) is 4.57 Å². The lowest BCUT2D eigenvalue weighted by atomic mass is 9.57. The van der Waals surface area contributed by atoms with E-state index in [4.69, 9.17) is 75.6 Å². The van der Waals surface area contributed by atoms with Gasteiger partial charge in [0.1, 0.15) is 62.8 Å². The molecule has 2 aromatic heterocycles. The zero-order chi connectivity index (χ0) is 62.2. The molecular weight excluding hydrogens is 1100 g/mol. The van der Waals surface area contributed by atoms with Crippen molar-refractivity contribution in [3.63, 3.8) is 0 Å². The quantitative estimate of drug-likeness (QED) is 0.0564. The van der Waals surface area contributed by atoms with E-state index in [1.807, 2.05) is 42.5 Å². The van der Waals surface area contributed by atoms with Gasteiger partial charge in [-0.25, -0.2) is 0 Å². The standard InChI is InChI=1S/C79H48B8N2S/c1-3-65(80)73(84)75(86)67(82)47-79(48-68(83)76(87)74(85)66(81)4-2)64-46-56(35-43-62(64)71-72(79)78(54-23-13-7-14-24-54)90-77(71)53-21-11-6-12-22-53)52-33-41-60(42-34-52)88(58-37-29-50(30-38-58)49-19-9-5-10-20-49)59-39-31-51(32-40-59)55-36-44-70-63(45-55)61-27-17-18-28-69(61)89(70)57-25-15-8-16-26-57/h1-2,5-46H,47-48H2/b73-65-,74-66-,75-67-,76-68-. The molecule has 0 spiro atoms. The number of terminal acetylenes is 2. The van der Waals surface area contributed by atoms with E-state index >= 15 is 0 Å². The van der Waals surface area contributed by atoms with Crippen LogP contribution in [-0.2, 0) is 5.41 Å². The molecule has 2 heterocycles. The summed E-state index contributed by atoms with van der Waals surface area (Å²) in [4.78, 5) is 4.35. The van der Waals surface area contributed by atoms with Crippen molar-refractivity contribution in [2.75, 3.05) is 4.90 Å². The highest BCUT2D eigenvalue weighted by molar-refractivity contribution is 7.19. The average molecular weight is 1140 g/mol. The van der Waals surface area contributed by atoms with Gasteiger partial charge in [0, 0.05) is 54.3 Å². The predicted molar refractivity (Wildman–Crippen MR) is 388 cm³/mol. The number of nitrogens with zero attached hydrogens (tertiary/aromatic N) is 2. The summed E-state index contributed by atoms with van der Waals surface area (Å²) in [5, 5.41) is 2.40. The number of hydrogen-bond acceptors (Lipinski definition) is 2. The van der Waals surface area contributed by atoms with E-state index in [2.05, 4.69) is 234 Å². The fourth-order valence-electron chi connectivity index (χ4n) is 12.8. The minimum Gasteiger partial charge on any atom is -0.311 e. The molecule has 0 amide bonds. The number of fused-ring (bicyclic) bond motifs is 6. The van der Waals surface area contributed by atoms with Crippen LogP contribution in [0.1, 0.15) is 24.0 Å². The van der Waals surface area contributed by atoms with E-state index in [0.717, 1.165) is 105 Å². The predicted octanol–water partition coefficient (Wildman–Crippen LogP) is 17.2. The maximum atomic E-state index is 7.25. The summed E-state index contributed by atoms with van der Waals surface area (Å²) in [5.41, 5.74) is 18.1. The molecule has 0 bridgehead atoms. The number of thiophene rings is 1. The monoisotopic (exact) mass is 1140 g/mol. The molecule has 0 atom stereocenters. The van der Waals surface area contributed by atoms with Crippen LogP contribution in [0.4, 0.5) is 17.1 Å². The Kier molecular flexibility index (Phi) is 16.4. The van der Waals surface area contributed by atoms with Crippen LogP contribution >= 0.6 is 11.3 Å². The van der Waals surface area contributed by atoms with Gasteiger partial charge in [0.25, 0.3) is 0 Å². The van der Waals surface area contributed by atoms with Gasteiger partial charge in [-0.3, -0.25) is 0 Å². The Morgan fingerprint density at radius 3 is 1.30 bits per heavy atom. The Hall–Kier alpha value is -9.90. The summed E-state index contributed by atoms with van der Waals surface area (Å²) >= 11 is 1.69. The van der Waals surface area contributed by atoms with E-state index in [9.17, 15) is 0 Å². The Labute approximate surface area is 542 Å². The van der Waals surface area contributed by atoms with Crippen LogP contribution in [0.2, 0.25) is 0 Å². The fourth-order valence-corrected chi connectivity index (χ4v) is 14.2. The molecule has 404 valence electrons. The first kappa shape index (κ1) is 59.1. The van der Waals surface area contributed by atoms with E-state index in [0.29, 0.717) is 0 Å². The van der Waals surface area contributed by atoms with Crippen LogP contribution in [0, 0.1) is 24.7 Å². The van der Waals surface area contributed by atoms with Crippen molar-refractivity contribution in [3.8, 4) is 95.8 Å². The highest BCUT2D eigenvalue weighted by Crippen LogP contribution is 2.64. The summed E-state index contributed by atoms with van der Waals surface area (Å²) in [6.45, 7) is 0. The summed E-state index contributed by atoms with van der Waals surface area (Å²) in [7, 11) is 53.9. The normalized spacial score (nSPS) is 14.5. The van der Waals surface area contributed by atoms with E-state index in [1.54, 1.807) is 11.3 Å². The van der Waals surface area contributed by atoms with Crippen LogP contribution in [0.3, 0.4) is 0 Å². The molecule has 0 saturated carbocycles. The van der Waals surface area contributed by atoms with Gasteiger partial charge in [0.2, 0.25) is 0 Å². The Bertz CT molecular complexity index is 4890. The second-order valence-corrected chi connectivity index (χ2v) is 23.5. The number of allylic oxidation sites excluding steroid dienone is 8. The van der Waals surface area contributed by atoms with Gasteiger partial charge in [-0.15, -0.1) is 57.0 Å². The third-order valence-corrected chi connectivity index (χ3v) is 18.5. The molecule has 12 aromatic rings. The Morgan fingerprint density at radius 2 is 0.789 bits per heavy atom. The summed E-state index contributed by atoms with van der Waals surface area (Å²) < 4.78 is 2.34. The van der Waals surface area contributed by atoms with E-state index in [1.165, 1.54) is 16.3 Å². The van der Waals surface area contributed by atoms with Crippen molar-refractivity contribution in [1.29, 1.82) is 0 Å². The molecule has 0 aliphatic heterocycles. The first-order chi connectivity index (χ1) is 43.8. The maximum absolute atomic E-state index is 7.25. The maximum Gasteiger partial charge on any atom is 0.125 e. The van der Waals surface area contributed by atoms with Crippen molar-refractivity contribution in [2.45, 2.75) is 18.3 Å². The molecule has 10 aromatic carbocycles. The van der Waals surface area contributed by atoms with Gasteiger partial charge in [0.05, 0.1) is 11.0 Å². The lowest BCUT2D eigenvalue weighted by Gasteiger charge is -2.36. The lowest BCUT2D eigenvalue weighted by molar-refractivity contribution is 0.535. The third-order valence-electron chi connectivity index (χ3n) is 17.2. The minimum absolute atomic E-state index is 0.00774. The molecule has 1 aliphatic rings. The zero-order valence-corrected chi connectivity index (χ0v) is 50.1. The zero-order valence-electron chi connectivity index (χ0n) is 49.2. The van der Waals surface area contributed by atoms with Crippen LogP contribution in [0.15, 0.2) is 299 Å². The molecule has 13 rings (SSSR count). The summed E-state index contributed by atoms with van der Waals surface area (Å²) in [5.74, 6) is 4.84. The number of anilines is 3. The number of aromatic nitrogens is 1. The number of rotatable bonds is 15. The molecular formula is C79H48B8N2S. The van der Waals surface area contributed by atoms with Gasteiger partial charge in [0.15, 0.2) is 0 Å². The minimum atomic E-state index is -1.10. The third kappa shape index (κ3) is 10.8. The van der Waals surface area contributed by atoms with Gasteiger partial charge >= 0.3 is 0 Å². The lowest BCUT2D eigenvalue weighted by Crippen LogP contribution is -2.29. The number of hydrogen-bond donors (Lipinski definition) is 0. The molecule has 0 saturated heterocycles. The molecule has 11 heteroatoms. The fraction of sp³-hybridized carbons (Fsp3) is 0.0380. The van der Waals surface area contributed by atoms with Gasteiger partial charge in [-0.05, 0) is 147 Å². The van der Waals surface area contributed by atoms with Crippen LogP contribution in [0.5, 0.6) is 0 Å². The highest BCUT2D eigenvalue weighted by atomic mass is 32.1. The number of para-hydroxylation sites is 2. The van der Waals surface area contributed by atoms with Gasteiger partial charge in [-0.2, -0.15) is 0 Å². The molecule has 1 aliphatic carbocycles. The first-order valence-electron chi connectivity index (χ1n) is 29.5. The highest BCUT2D eigenvalue weighted by Gasteiger charge is 2.48. The van der Waals surface area contributed by atoms with E-state index in [-0.39, 0.29) is 56.6 Å². The topological polar surface area (TPSA) is 8.17 Å². The molecule has 90 heavy (non-hydrogen) atoms. The van der Waals surface area contributed by atoms with Crippen molar-refractivity contribution in [2.24, 2.45) is 0 Å². The largest absolute Gasteiger partial charge is 0.311 e. The summed E-state index contributed by atoms with van der Waals surface area (Å²) in [6.07, 6.45) is 11.7. The Balaban J connectivity index is 0.954. The molecule has 0 fully saturated rings. The smallest absolute Gasteiger partial charge is 0.125 e. The van der Waals surface area contributed by atoms with Crippen LogP contribution < -0.4 is 4.90 Å². The van der Waals surface area contributed by atoms with Crippen molar-refractivity contribution < 1.29 is 0 Å². The molecule has 2 nitrogen and oxygen atoms in total. The van der Waals surface area contributed by atoms with E-state index < -0.39 is 5.41 Å². The molecule has 0 unspecified atom stereocenters. The second kappa shape index (κ2) is 24.9. The first-order valence-corrected chi connectivity index (χ1v) is 30.3. The molecule has 16 radical (unpaired) electrons. The summed E-state index contributed by atoms with van der Waals surface area (Å²) in [6, 6.07) is 89.8. The second-order valence-electron chi connectivity index (χ2n) is 22.5. The average Bonchev–Trinajstić information content (AvgIpc) is 1.53.